The number of amides is 1. The van der Waals surface area contributed by atoms with Crippen molar-refractivity contribution in [3.05, 3.63) is 77.1 Å². The molecule has 2 aromatic carbocycles. The number of carbonyl (C=O) groups is 1. The number of primary amides is 1. The molecule has 1 saturated heterocycles. The van der Waals surface area contributed by atoms with Gasteiger partial charge in [-0.2, -0.15) is 0 Å². The second kappa shape index (κ2) is 9.46. The van der Waals surface area contributed by atoms with Gasteiger partial charge in [-0.25, -0.2) is 9.97 Å². The zero-order valence-electron chi connectivity index (χ0n) is 18.8. The lowest BCUT2D eigenvalue weighted by Gasteiger charge is -2.33. The normalized spacial score (nSPS) is 16.7. The van der Waals surface area contributed by atoms with Gasteiger partial charge in [0.2, 0.25) is 11.9 Å². The van der Waals surface area contributed by atoms with Crippen LogP contribution in [0.15, 0.2) is 54.7 Å². The van der Waals surface area contributed by atoms with Crippen LogP contribution in [0.1, 0.15) is 33.3 Å². The van der Waals surface area contributed by atoms with Gasteiger partial charge in [0, 0.05) is 51.1 Å². The third-order valence-corrected chi connectivity index (χ3v) is 5.61. The van der Waals surface area contributed by atoms with Crippen LogP contribution < -0.4 is 10.6 Å². The second-order valence-electron chi connectivity index (χ2n) is 8.39. The van der Waals surface area contributed by atoms with E-state index in [0.717, 1.165) is 36.5 Å². The summed E-state index contributed by atoms with van der Waals surface area (Å²) in [5.74, 6) is 0.159. The number of nitrogens with zero attached hydrogens (tertiary/aromatic N) is 4. The molecule has 0 aliphatic carbocycles. The number of nitrogens with two attached hydrogens (primary N) is 1. The molecular weight excluding hydrogens is 402 g/mol. The lowest BCUT2D eigenvalue weighted by molar-refractivity contribution is -0.0347. The Balaban J connectivity index is 1.67. The molecule has 0 spiro atoms. The maximum Gasteiger partial charge on any atom is 0.248 e. The predicted octanol–water partition coefficient (Wildman–Crippen LogP) is 3.19. The van der Waals surface area contributed by atoms with Crippen molar-refractivity contribution in [3.8, 4) is 11.1 Å². The number of aromatic nitrogens is 2. The fourth-order valence-electron chi connectivity index (χ4n) is 3.99. The highest BCUT2D eigenvalue weighted by Crippen LogP contribution is 2.32. The number of morpholine rings is 1. The molecule has 0 bridgehead atoms. The number of aryl methyl sites for hydroxylation is 1. The van der Waals surface area contributed by atoms with Crippen LogP contribution >= 0.6 is 0 Å². The van der Waals surface area contributed by atoms with E-state index in [4.69, 9.17) is 15.5 Å². The highest BCUT2D eigenvalue weighted by molar-refractivity contribution is 5.94. The summed E-state index contributed by atoms with van der Waals surface area (Å²) in [6.45, 7) is 5.18. The molecule has 0 saturated carbocycles. The first-order chi connectivity index (χ1) is 15.4. The summed E-state index contributed by atoms with van der Waals surface area (Å²) in [6, 6.07) is 15.9. The van der Waals surface area contributed by atoms with E-state index in [9.17, 15) is 4.79 Å². The van der Waals surface area contributed by atoms with Crippen LogP contribution in [0.25, 0.3) is 11.1 Å². The fourth-order valence-corrected chi connectivity index (χ4v) is 3.99. The minimum atomic E-state index is -0.461. The highest BCUT2D eigenvalue weighted by Gasteiger charge is 2.27. The van der Waals surface area contributed by atoms with E-state index in [1.807, 2.05) is 31.1 Å². The van der Waals surface area contributed by atoms with E-state index < -0.39 is 5.91 Å². The molecule has 1 amide bonds. The first-order valence-corrected chi connectivity index (χ1v) is 10.7. The molecular formula is C25H29N5O2. The molecule has 1 aromatic heterocycles. The predicted molar refractivity (Wildman–Crippen MR) is 125 cm³/mol. The van der Waals surface area contributed by atoms with E-state index in [1.54, 1.807) is 18.3 Å². The summed E-state index contributed by atoms with van der Waals surface area (Å²) >= 11 is 0. The molecule has 0 radical (unpaired) electrons. The molecule has 2 N–H and O–H groups in total. The average Bonchev–Trinajstić information content (AvgIpc) is 2.79. The highest BCUT2D eigenvalue weighted by atomic mass is 16.5. The lowest BCUT2D eigenvalue weighted by Crippen LogP contribution is -2.38. The van der Waals surface area contributed by atoms with Gasteiger partial charge >= 0.3 is 0 Å². The molecule has 3 aromatic rings. The Hall–Kier alpha value is -3.29. The Kier molecular flexibility index (Phi) is 6.48. The van der Waals surface area contributed by atoms with Gasteiger partial charge in [0.05, 0.1) is 12.3 Å². The van der Waals surface area contributed by atoms with Crippen LogP contribution in [-0.4, -0.2) is 54.6 Å². The molecule has 1 atom stereocenters. The van der Waals surface area contributed by atoms with E-state index in [2.05, 4.69) is 41.1 Å². The lowest BCUT2D eigenvalue weighted by atomic mass is 9.99. The van der Waals surface area contributed by atoms with Crippen molar-refractivity contribution < 1.29 is 9.53 Å². The zero-order valence-corrected chi connectivity index (χ0v) is 18.8. The SMILES string of the molecule is Cc1cccc(CN2CCO[C@@H](c3nc(N(C)C)ncc3-c3cccc(C(N)=O)c3)C2)c1. The minimum absolute atomic E-state index is 0.206. The van der Waals surface area contributed by atoms with E-state index in [0.29, 0.717) is 18.1 Å². The van der Waals surface area contributed by atoms with Crippen molar-refractivity contribution in [2.75, 3.05) is 38.7 Å². The van der Waals surface area contributed by atoms with Crippen LogP contribution in [0.2, 0.25) is 0 Å². The van der Waals surface area contributed by atoms with Crippen LogP contribution in [0.4, 0.5) is 5.95 Å². The van der Waals surface area contributed by atoms with Crippen molar-refractivity contribution in [2.24, 2.45) is 5.73 Å². The fraction of sp³-hybridized carbons (Fsp3) is 0.320. The Morgan fingerprint density at radius 2 is 2.03 bits per heavy atom. The molecule has 32 heavy (non-hydrogen) atoms. The van der Waals surface area contributed by atoms with Gasteiger partial charge in [0.15, 0.2) is 0 Å². The summed E-state index contributed by atoms with van der Waals surface area (Å²) in [7, 11) is 3.83. The maximum absolute atomic E-state index is 11.7. The summed E-state index contributed by atoms with van der Waals surface area (Å²) in [6.07, 6.45) is 1.60. The summed E-state index contributed by atoms with van der Waals surface area (Å²) in [5.41, 5.74) is 11.0. The largest absolute Gasteiger partial charge is 0.369 e. The van der Waals surface area contributed by atoms with Crippen molar-refractivity contribution in [1.29, 1.82) is 0 Å². The van der Waals surface area contributed by atoms with E-state index >= 15 is 0 Å². The van der Waals surface area contributed by atoms with Crippen molar-refractivity contribution in [1.82, 2.24) is 14.9 Å². The van der Waals surface area contributed by atoms with Gasteiger partial charge < -0.3 is 15.4 Å². The minimum Gasteiger partial charge on any atom is -0.369 e. The number of benzene rings is 2. The number of hydrogen-bond donors (Lipinski definition) is 1. The van der Waals surface area contributed by atoms with E-state index in [1.165, 1.54) is 11.1 Å². The quantitative estimate of drug-likeness (QED) is 0.645. The molecule has 1 aliphatic rings. The topological polar surface area (TPSA) is 84.6 Å². The van der Waals surface area contributed by atoms with Gasteiger partial charge in [-0.3, -0.25) is 9.69 Å². The average molecular weight is 432 g/mol. The van der Waals surface area contributed by atoms with Gasteiger partial charge in [-0.1, -0.05) is 42.0 Å². The van der Waals surface area contributed by atoms with Gasteiger partial charge in [-0.05, 0) is 30.2 Å². The molecule has 1 fully saturated rings. The number of anilines is 1. The Morgan fingerprint density at radius 1 is 1.22 bits per heavy atom. The Morgan fingerprint density at radius 3 is 2.78 bits per heavy atom. The zero-order chi connectivity index (χ0) is 22.7. The first-order valence-electron chi connectivity index (χ1n) is 10.7. The molecule has 4 rings (SSSR count). The molecule has 7 heteroatoms. The monoisotopic (exact) mass is 431 g/mol. The van der Waals surface area contributed by atoms with Crippen molar-refractivity contribution >= 4 is 11.9 Å². The molecule has 2 heterocycles. The third kappa shape index (κ3) is 4.95. The van der Waals surface area contributed by atoms with Crippen LogP contribution in [0.3, 0.4) is 0 Å². The number of rotatable bonds is 6. The van der Waals surface area contributed by atoms with Crippen molar-refractivity contribution in [3.63, 3.8) is 0 Å². The van der Waals surface area contributed by atoms with Crippen LogP contribution in [0.5, 0.6) is 0 Å². The van der Waals surface area contributed by atoms with Gasteiger partial charge in [0.1, 0.15) is 6.10 Å². The second-order valence-corrected chi connectivity index (χ2v) is 8.39. The summed E-state index contributed by atoms with van der Waals surface area (Å²) < 4.78 is 6.19. The van der Waals surface area contributed by atoms with Crippen molar-refractivity contribution in [2.45, 2.75) is 19.6 Å². The van der Waals surface area contributed by atoms with Crippen LogP contribution in [0, 0.1) is 6.92 Å². The Labute approximate surface area is 188 Å². The standard InChI is InChI=1S/C25H29N5O2/c1-17-6-4-7-18(12-17)15-30-10-11-32-22(16-30)23-21(14-27-25(28-23)29(2)3)19-8-5-9-20(13-19)24(26)31/h4-9,12-14,22H,10-11,15-16H2,1-3H3,(H2,26,31)/t22-/m1/s1. The smallest absolute Gasteiger partial charge is 0.248 e. The third-order valence-electron chi connectivity index (χ3n) is 5.61. The first kappa shape index (κ1) is 21.9. The number of hydrogen-bond acceptors (Lipinski definition) is 6. The van der Waals surface area contributed by atoms with Gasteiger partial charge in [0.25, 0.3) is 0 Å². The van der Waals surface area contributed by atoms with E-state index in [-0.39, 0.29) is 6.10 Å². The maximum atomic E-state index is 11.7. The van der Waals surface area contributed by atoms with Gasteiger partial charge in [-0.15, -0.1) is 0 Å². The Bertz CT molecular complexity index is 1110. The summed E-state index contributed by atoms with van der Waals surface area (Å²) in [5, 5.41) is 0. The number of ether oxygens (including phenoxy) is 1. The molecule has 0 unspecified atom stereocenters. The number of carbonyl (C=O) groups excluding carboxylic acids is 1. The molecule has 1 aliphatic heterocycles. The molecule has 7 nitrogen and oxygen atoms in total. The molecule has 166 valence electrons. The summed E-state index contributed by atoms with van der Waals surface area (Å²) in [4.78, 5) is 25.3. The van der Waals surface area contributed by atoms with Crippen LogP contribution in [-0.2, 0) is 11.3 Å².